The summed E-state index contributed by atoms with van der Waals surface area (Å²) in [5.41, 5.74) is -2.19. The van der Waals surface area contributed by atoms with Crippen molar-refractivity contribution in [1.82, 2.24) is 14.7 Å². The highest BCUT2D eigenvalue weighted by Crippen LogP contribution is 2.36. The molecule has 222 valence electrons. The first kappa shape index (κ1) is 31.9. The lowest BCUT2D eigenvalue weighted by Crippen LogP contribution is -2.50. The van der Waals surface area contributed by atoms with Gasteiger partial charge in [0, 0.05) is 45.8 Å². The van der Waals surface area contributed by atoms with Crippen LogP contribution in [0.1, 0.15) is 41.1 Å². The van der Waals surface area contributed by atoms with Gasteiger partial charge in [-0.15, -0.1) is 0 Å². The minimum absolute atomic E-state index is 0.0352. The van der Waals surface area contributed by atoms with Crippen LogP contribution in [0.2, 0.25) is 0 Å². The van der Waals surface area contributed by atoms with Crippen LogP contribution in [0.25, 0.3) is 0 Å². The van der Waals surface area contributed by atoms with Crippen LogP contribution in [-0.2, 0) is 23.6 Å². The van der Waals surface area contributed by atoms with E-state index in [1.54, 1.807) is 12.1 Å². The van der Waals surface area contributed by atoms with Gasteiger partial charge in [0.1, 0.15) is 6.04 Å². The van der Waals surface area contributed by atoms with Gasteiger partial charge in [-0.3, -0.25) is 14.6 Å². The van der Waals surface area contributed by atoms with Crippen molar-refractivity contribution in [3.8, 4) is 0 Å². The largest absolute Gasteiger partial charge is 0.416 e. The Morgan fingerprint density at radius 3 is 1.90 bits per heavy atom. The molecule has 1 aliphatic rings. The first-order chi connectivity index (χ1) is 18.8. The Morgan fingerprint density at radius 2 is 1.43 bits per heavy atom. The number of amides is 1. The molecule has 2 aromatic carbocycles. The van der Waals surface area contributed by atoms with Gasteiger partial charge in [-0.2, -0.15) is 26.3 Å². The first-order valence-electron chi connectivity index (χ1n) is 13.1. The molecule has 2 aromatic rings. The average Bonchev–Trinajstić information content (AvgIpc) is 2.91. The van der Waals surface area contributed by atoms with E-state index in [1.807, 2.05) is 28.0 Å². The normalized spacial score (nSPS) is 16.4. The number of piperidine rings is 1. The second kappa shape index (κ2) is 13.8. The van der Waals surface area contributed by atoms with Gasteiger partial charge in [0.15, 0.2) is 0 Å². The van der Waals surface area contributed by atoms with Crippen molar-refractivity contribution < 1.29 is 41.4 Å². The van der Waals surface area contributed by atoms with Crippen LogP contribution in [0.3, 0.4) is 0 Å². The summed E-state index contributed by atoms with van der Waals surface area (Å²) >= 11 is 0. The van der Waals surface area contributed by atoms with E-state index in [2.05, 4.69) is 0 Å². The highest BCUT2D eigenvalue weighted by Gasteiger charge is 2.37. The Balaban J connectivity index is 1.76. The molecule has 2 N–H and O–H groups in total. The standard InChI is InChI=1S/C28H35F6N3O3/c1-35(10-7-20-17-22(27(29,30)31)19-23(18-20)28(32,33)34)26(40)25(21-5-3-2-4-6-21)37-11-8-24(9-12-37)36(13-15-38)14-16-39/h2-6,17-19,24-25,38-39H,7-16H2,1H3/t25-/m0/s1. The fourth-order valence-corrected chi connectivity index (χ4v) is 5.17. The number of aliphatic hydroxyl groups excluding tert-OH is 2. The van der Waals surface area contributed by atoms with E-state index in [0.29, 0.717) is 51.2 Å². The number of aliphatic hydroxyl groups is 2. The van der Waals surface area contributed by atoms with Crippen molar-refractivity contribution in [2.24, 2.45) is 0 Å². The molecule has 1 atom stereocenters. The van der Waals surface area contributed by atoms with Gasteiger partial charge in [0.2, 0.25) is 5.91 Å². The summed E-state index contributed by atoms with van der Waals surface area (Å²) in [7, 11) is 1.49. The van der Waals surface area contributed by atoms with Gasteiger partial charge >= 0.3 is 12.4 Å². The molecule has 40 heavy (non-hydrogen) atoms. The highest BCUT2D eigenvalue weighted by molar-refractivity contribution is 5.83. The number of halogens is 6. The smallest absolute Gasteiger partial charge is 0.395 e. The Kier molecular flexibility index (Phi) is 11.0. The predicted octanol–water partition coefficient (Wildman–Crippen LogP) is 4.22. The van der Waals surface area contributed by atoms with E-state index >= 15 is 0 Å². The lowest BCUT2D eigenvalue weighted by molar-refractivity contribution is -0.143. The molecule has 1 saturated heterocycles. The molecule has 3 rings (SSSR count). The summed E-state index contributed by atoms with van der Waals surface area (Å²) in [6.07, 6.45) is -8.66. The quantitative estimate of drug-likeness (QED) is 0.393. The summed E-state index contributed by atoms with van der Waals surface area (Å²) < 4.78 is 79.6. The predicted molar refractivity (Wildman–Crippen MR) is 137 cm³/mol. The molecule has 0 bridgehead atoms. The third-order valence-electron chi connectivity index (χ3n) is 7.26. The van der Waals surface area contributed by atoms with E-state index in [-0.39, 0.29) is 49.8 Å². The van der Waals surface area contributed by atoms with Crippen molar-refractivity contribution >= 4 is 5.91 Å². The summed E-state index contributed by atoms with van der Waals surface area (Å²) in [5.74, 6) is -0.310. The minimum atomic E-state index is -4.94. The van der Waals surface area contributed by atoms with Crippen molar-refractivity contribution in [2.45, 2.75) is 43.7 Å². The second-order valence-electron chi connectivity index (χ2n) is 9.99. The van der Waals surface area contributed by atoms with Crippen LogP contribution >= 0.6 is 0 Å². The Hall–Kier alpha value is -2.67. The molecule has 0 aliphatic carbocycles. The van der Waals surface area contributed by atoms with Gasteiger partial charge in [-0.05, 0) is 48.6 Å². The van der Waals surface area contributed by atoms with E-state index < -0.39 is 29.5 Å². The molecule has 0 spiro atoms. The number of carbonyl (C=O) groups excluding carboxylic acids is 1. The number of carbonyl (C=O) groups is 1. The molecule has 0 radical (unpaired) electrons. The lowest BCUT2D eigenvalue weighted by Gasteiger charge is -2.41. The number of hydrogen-bond acceptors (Lipinski definition) is 5. The lowest BCUT2D eigenvalue weighted by atomic mass is 9.97. The molecule has 6 nitrogen and oxygen atoms in total. The summed E-state index contributed by atoms with van der Waals surface area (Å²) in [6, 6.07) is 9.97. The maximum Gasteiger partial charge on any atom is 0.416 e. The van der Waals surface area contributed by atoms with Crippen molar-refractivity contribution in [1.29, 1.82) is 0 Å². The van der Waals surface area contributed by atoms with Crippen LogP contribution in [0.5, 0.6) is 0 Å². The fraction of sp³-hybridized carbons (Fsp3) is 0.536. The molecule has 12 heteroatoms. The number of hydrogen-bond donors (Lipinski definition) is 2. The molecule has 1 fully saturated rings. The van der Waals surface area contributed by atoms with Crippen LogP contribution < -0.4 is 0 Å². The molecular formula is C28H35F6N3O3. The van der Waals surface area contributed by atoms with Crippen LogP contribution in [0.15, 0.2) is 48.5 Å². The number of alkyl halides is 6. The summed E-state index contributed by atoms with van der Waals surface area (Å²) in [5, 5.41) is 18.7. The second-order valence-corrected chi connectivity index (χ2v) is 9.99. The number of rotatable bonds is 11. The van der Waals surface area contributed by atoms with Crippen molar-refractivity contribution in [3.05, 3.63) is 70.8 Å². The maximum absolute atomic E-state index is 13.7. The van der Waals surface area contributed by atoms with E-state index in [9.17, 15) is 41.4 Å². The third-order valence-corrected chi connectivity index (χ3v) is 7.26. The van der Waals surface area contributed by atoms with Gasteiger partial charge in [0.05, 0.1) is 24.3 Å². The molecule has 1 heterocycles. The van der Waals surface area contributed by atoms with Crippen LogP contribution in [0, 0.1) is 0 Å². The SMILES string of the molecule is CN(CCc1cc(C(F)(F)F)cc(C(F)(F)F)c1)C(=O)[C@H](c1ccccc1)N1CCC(N(CCO)CCO)CC1. The zero-order chi connectivity index (χ0) is 29.5. The minimum Gasteiger partial charge on any atom is -0.395 e. The van der Waals surface area contributed by atoms with E-state index in [4.69, 9.17) is 0 Å². The van der Waals surface area contributed by atoms with Crippen LogP contribution in [-0.4, -0.2) is 89.8 Å². The number of benzene rings is 2. The molecule has 0 saturated carbocycles. The van der Waals surface area contributed by atoms with Crippen molar-refractivity contribution in [3.63, 3.8) is 0 Å². The molecule has 1 amide bonds. The highest BCUT2D eigenvalue weighted by atomic mass is 19.4. The third kappa shape index (κ3) is 8.42. The van der Waals surface area contributed by atoms with E-state index in [1.165, 1.54) is 11.9 Å². The zero-order valence-electron chi connectivity index (χ0n) is 22.3. The monoisotopic (exact) mass is 575 g/mol. The summed E-state index contributed by atoms with van der Waals surface area (Å²) in [6.45, 7) is 1.83. The fourth-order valence-electron chi connectivity index (χ4n) is 5.17. The zero-order valence-corrected chi connectivity index (χ0v) is 22.3. The number of nitrogens with zero attached hydrogens (tertiary/aromatic N) is 3. The molecule has 1 aliphatic heterocycles. The number of likely N-dealkylation sites (N-methyl/N-ethyl adjacent to an activating group) is 1. The van der Waals surface area contributed by atoms with Crippen molar-refractivity contribution in [2.75, 3.05) is 53.0 Å². The first-order valence-corrected chi connectivity index (χ1v) is 13.1. The molecule has 0 aromatic heterocycles. The van der Waals surface area contributed by atoms with Gasteiger partial charge in [0.25, 0.3) is 0 Å². The Labute approximate surface area is 229 Å². The topological polar surface area (TPSA) is 67.3 Å². The molecule has 0 unspecified atom stereocenters. The molecular weight excluding hydrogens is 540 g/mol. The average molecular weight is 576 g/mol. The van der Waals surface area contributed by atoms with Gasteiger partial charge in [-0.1, -0.05) is 30.3 Å². The Bertz CT molecular complexity index is 1050. The maximum atomic E-state index is 13.7. The summed E-state index contributed by atoms with van der Waals surface area (Å²) in [4.78, 5) is 19.1. The van der Waals surface area contributed by atoms with Gasteiger partial charge in [-0.25, -0.2) is 0 Å². The van der Waals surface area contributed by atoms with E-state index in [0.717, 1.165) is 5.56 Å². The Morgan fingerprint density at radius 1 is 0.900 bits per heavy atom. The van der Waals surface area contributed by atoms with Gasteiger partial charge < -0.3 is 15.1 Å². The van der Waals surface area contributed by atoms with Crippen LogP contribution in [0.4, 0.5) is 26.3 Å². The number of likely N-dealkylation sites (tertiary alicyclic amines) is 1.